The second-order valence-corrected chi connectivity index (χ2v) is 3.73. The van der Waals surface area contributed by atoms with Gasteiger partial charge in [-0.15, -0.1) is 0 Å². The van der Waals surface area contributed by atoms with Crippen LogP contribution >= 0.6 is 0 Å². The Bertz CT molecular complexity index is 564. The van der Waals surface area contributed by atoms with E-state index in [1.165, 1.54) is 0 Å². The molecule has 1 aromatic heterocycles. The standard InChI is InChI=1S/C12H12F2N2O/c1-3-11-6(2)16-12(17-11)7-4-8(13)9(14)5-10(7)15/h4-5H,3,15H2,1-2H3. The van der Waals surface area contributed by atoms with Gasteiger partial charge in [-0.1, -0.05) is 6.92 Å². The van der Waals surface area contributed by atoms with E-state index >= 15 is 0 Å². The number of nitrogen functional groups attached to an aromatic ring is 1. The average molecular weight is 238 g/mol. The second kappa shape index (κ2) is 4.16. The number of aromatic nitrogens is 1. The summed E-state index contributed by atoms with van der Waals surface area (Å²) in [5.74, 6) is -1.02. The summed E-state index contributed by atoms with van der Waals surface area (Å²) < 4.78 is 31.5. The van der Waals surface area contributed by atoms with Crippen LogP contribution in [-0.4, -0.2) is 4.98 Å². The summed E-state index contributed by atoms with van der Waals surface area (Å²) in [6.45, 7) is 3.72. The van der Waals surface area contributed by atoms with Crippen molar-refractivity contribution in [1.29, 1.82) is 0 Å². The van der Waals surface area contributed by atoms with Gasteiger partial charge in [-0.05, 0) is 13.0 Å². The zero-order valence-corrected chi connectivity index (χ0v) is 9.55. The molecule has 0 amide bonds. The van der Waals surface area contributed by atoms with Gasteiger partial charge in [0.2, 0.25) is 5.89 Å². The van der Waals surface area contributed by atoms with Crippen molar-refractivity contribution < 1.29 is 13.2 Å². The smallest absolute Gasteiger partial charge is 0.228 e. The number of anilines is 1. The van der Waals surface area contributed by atoms with Gasteiger partial charge in [-0.2, -0.15) is 0 Å². The molecule has 90 valence electrons. The summed E-state index contributed by atoms with van der Waals surface area (Å²) >= 11 is 0. The molecule has 2 rings (SSSR count). The van der Waals surface area contributed by atoms with Gasteiger partial charge < -0.3 is 10.2 Å². The van der Waals surface area contributed by atoms with E-state index in [4.69, 9.17) is 10.2 Å². The van der Waals surface area contributed by atoms with Gasteiger partial charge in [0.1, 0.15) is 5.76 Å². The SMILES string of the molecule is CCc1oc(-c2cc(F)c(F)cc2N)nc1C. The Labute approximate surface area is 97.3 Å². The number of benzene rings is 1. The summed E-state index contributed by atoms with van der Waals surface area (Å²) in [5.41, 5.74) is 6.72. The van der Waals surface area contributed by atoms with Gasteiger partial charge >= 0.3 is 0 Å². The van der Waals surface area contributed by atoms with E-state index in [0.29, 0.717) is 12.2 Å². The van der Waals surface area contributed by atoms with E-state index in [0.717, 1.165) is 17.8 Å². The van der Waals surface area contributed by atoms with Crippen molar-refractivity contribution in [1.82, 2.24) is 4.98 Å². The lowest BCUT2D eigenvalue weighted by Crippen LogP contribution is -1.94. The first kappa shape index (κ1) is 11.6. The molecule has 0 bridgehead atoms. The Morgan fingerprint density at radius 1 is 1.29 bits per heavy atom. The maximum absolute atomic E-state index is 13.1. The van der Waals surface area contributed by atoms with Crippen LogP contribution in [0.5, 0.6) is 0 Å². The average Bonchev–Trinajstić information content (AvgIpc) is 2.65. The molecule has 2 aromatic rings. The van der Waals surface area contributed by atoms with Gasteiger partial charge in [-0.3, -0.25) is 0 Å². The first-order valence-electron chi connectivity index (χ1n) is 5.24. The number of aryl methyl sites for hydroxylation is 2. The largest absolute Gasteiger partial charge is 0.441 e. The van der Waals surface area contributed by atoms with Crippen molar-refractivity contribution in [3.8, 4) is 11.5 Å². The molecule has 1 aromatic carbocycles. The van der Waals surface area contributed by atoms with Crippen molar-refractivity contribution in [2.24, 2.45) is 0 Å². The molecule has 1 heterocycles. The molecule has 0 aliphatic rings. The summed E-state index contributed by atoms with van der Waals surface area (Å²) in [6, 6.07) is 1.92. The minimum atomic E-state index is -0.981. The summed E-state index contributed by atoms with van der Waals surface area (Å²) in [4.78, 5) is 4.15. The Morgan fingerprint density at radius 3 is 2.53 bits per heavy atom. The van der Waals surface area contributed by atoms with Gasteiger partial charge in [-0.25, -0.2) is 13.8 Å². The molecule has 17 heavy (non-hydrogen) atoms. The highest BCUT2D eigenvalue weighted by Gasteiger charge is 2.15. The predicted molar refractivity (Wildman–Crippen MR) is 60.4 cm³/mol. The molecule has 0 saturated carbocycles. The van der Waals surface area contributed by atoms with Crippen molar-refractivity contribution in [2.45, 2.75) is 20.3 Å². The maximum atomic E-state index is 13.1. The fourth-order valence-electron chi connectivity index (χ4n) is 1.62. The molecule has 0 spiro atoms. The number of halogens is 2. The molecular formula is C12H12F2N2O. The van der Waals surface area contributed by atoms with Gasteiger partial charge in [0.25, 0.3) is 0 Å². The fraction of sp³-hybridized carbons (Fsp3) is 0.250. The van der Waals surface area contributed by atoms with Crippen LogP contribution in [0.25, 0.3) is 11.5 Å². The zero-order chi connectivity index (χ0) is 12.6. The summed E-state index contributed by atoms with van der Waals surface area (Å²) in [5, 5.41) is 0. The van der Waals surface area contributed by atoms with E-state index < -0.39 is 11.6 Å². The highest BCUT2D eigenvalue weighted by atomic mass is 19.2. The number of rotatable bonds is 2. The summed E-state index contributed by atoms with van der Waals surface area (Å²) in [6.07, 6.45) is 0.683. The lowest BCUT2D eigenvalue weighted by atomic mass is 10.1. The number of nitrogens with zero attached hydrogens (tertiary/aromatic N) is 1. The maximum Gasteiger partial charge on any atom is 0.228 e. The Kier molecular flexibility index (Phi) is 2.83. The molecular weight excluding hydrogens is 226 g/mol. The minimum absolute atomic E-state index is 0.104. The van der Waals surface area contributed by atoms with Crippen molar-refractivity contribution in [3.05, 3.63) is 35.2 Å². The van der Waals surface area contributed by atoms with Crippen LogP contribution in [0.2, 0.25) is 0 Å². The predicted octanol–water partition coefficient (Wildman–Crippen LogP) is 3.07. The van der Waals surface area contributed by atoms with Gasteiger partial charge in [0, 0.05) is 18.2 Å². The van der Waals surface area contributed by atoms with Crippen LogP contribution in [0.15, 0.2) is 16.5 Å². The quantitative estimate of drug-likeness (QED) is 0.818. The highest BCUT2D eigenvalue weighted by Crippen LogP contribution is 2.29. The molecule has 0 fully saturated rings. The summed E-state index contributed by atoms with van der Waals surface area (Å²) in [7, 11) is 0. The number of hydrogen-bond donors (Lipinski definition) is 1. The normalized spacial score (nSPS) is 10.8. The van der Waals surface area contributed by atoms with Gasteiger partial charge in [0.15, 0.2) is 11.6 Å². The van der Waals surface area contributed by atoms with Crippen LogP contribution in [0, 0.1) is 18.6 Å². The van der Waals surface area contributed by atoms with Crippen LogP contribution in [0.1, 0.15) is 18.4 Å². The lowest BCUT2D eigenvalue weighted by Gasteiger charge is -2.02. The fourth-order valence-corrected chi connectivity index (χ4v) is 1.62. The van der Waals surface area contributed by atoms with Crippen molar-refractivity contribution in [2.75, 3.05) is 5.73 Å². The topological polar surface area (TPSA) is 52.0 Å². The first-order valence-corrected chi connectivity index (χ1v) is 5.24. The second-order valence-electron chi connectivity index (χ2n) is 3.73. The Balaban J connectivity index is 2.56. The molecule has 3 nitrogen and oxygen atoms in total. The third-order valence-electron chi connectivity index (χ3n) is 2.54. The van der Waals surface area contributed by atoms with E-state index in [1.54, 1.807) is 6.92 Å². The molecule has 0 atom stereocenters. The van der Waals surface area contributed by atoms with E-state index in [-0.39, 0.29) is 17.1 Å². The molecule has 0 unspecified atom stereocenters. The zero-order valence-electron chi connectivity index (χ0n) is 9.55. The monoisotopic (exact) mass is 238 g/mol. The van der Waals surface area contributed by atoms with E-state index in [2.05, 4.69) is 4.98 Å². The minimum Gasteiger partial charge on any atom is -0.441 e. The number of hydrogen-bond acceptors (Lipinski definition) is 3. The van der Waals surface area contributed by atoms with E-state index in [1.807, 2.05) is 6.92 Å². The van der Waals surface area contributed by atoms with Gasteiger partial charge in [0.05, 0.1) is 11.3 Å². The number of oxazole rings is 1. The number of nitrogens with two attached hydrogens (primary N) is 1. The first-order chi connectivity index (χ1) is 8.02. The molecule has 0 saturated heterocycles. The van der Waals surface area contributed by atoms with Crippen LogP contribution in [-0.2, 0) is 6.42 Å². The Morgan fingerprint density at radius 2 is 1.94 bits per heavy atom. The van der Waals surface area contributed by atoms with Crippen molar-refractivity contribution >= 4 is 5.69 Å². The molecule has 5 heteroatoms. The lowest BCUT2D eigenvalue weighted by molar-refractivity contribution is 0.505. The molecule has 2 N–H and O–H groups in total. The molecule has 0 radical (unpaired) electrons. The van der Waals surface area contributed by atoms with Crippen molar-refractivity contribution in [3.63, 3.8) is 0 Å². The molecule has 0 aliphatic carbocycles. The molecule has 0 aliphatic heterocycles. The van der Waals surface area contributed by atoms with Crippen LogP contribution in [0.3, 0.4) is 0 Å². The third-order valence-corrected chi connectivity index (χ3v) is 2.54. The van der Waals surface area contributed by atoms with Crippen LogP contribution in [0.4, 0.5) is 14.5 Å². The third kappa shape index (κ3) is 2.00. The van der Waals surface area contributed by atoms with Crippen LogP contribution < -0.4 is 5.73 Å². The van der Waals surface area contributed by atoms with E-state index in [9.17, 15) is 8.78 Å². The Hall–Kier alpha value is -1.91. The highest BCUT2D eigenvalue weighted by molar-refractivity contribution is 5.70.